The lowest BCUT2D eigenvalue weighted by molar-refractivity contribution is -0.123. The number of amides is 1. The summed E-state index contributed by atoms with van der Waals surface area (Å²) in [5.41, 5.74) is 11.4. The number of rotatable bonds is 5. The molecule has 0 unspecified atom stereocenters. The van der Waals surface area contributed by atoms with Crippen molar-refractivity contribution in [3.05, 3.63) is 59.7 Å². The average Bonchev–Trinajstić information content (AvgIpc) is 2.52. The molecule has 2 aromatic carbocycles. The first-order valence-corrected chi connectivity index (χ1v) is 6.94. The summed E-state index contributed by atoms with van der Waals surface area (Å²) >= 11 is 0. The molecule has 5 nitrogen and oxygen atoms in total. The summed E-state index contributed by atoms with van der Waals surface area (Å²) < 4.78 is 5.45. The van der Waals surface area contributed by atoms with E-state index in [1.165, 1.54) is 0 Å². The highest BCUT2D eigenvalue weighted by atomic mass is 16.5. The second kappa shape index (κ2) is 7.26. The van der Waals surface area contributed by atoms with Crippen LogP contribution in [0.4, 0.5) is 5.69 Å². The Morgan fingerprint density at radius 1 is 1.23 bits per heavy atom. The molecule has 0 atom stereocenters. The number of aryl methyl sites for hydroxylation is 1. The van der Waals surface area contributed by atoms with Crippen LogP contribution in [0.5, 0.6) is 5.75 Å². The second-order valence-electron chi connectivity index (χ2n) is 4.91. The first-order chi connectivity index (χ1) is 10.6. The van der Waals surface area contributed by atoms with Gasteiger partial charge in [-0.3, -0.25) is 4.79 Å². The Balaban J connectivity index is 1.90. The number of ether oxygens (including phenoxy) is 1. The Hall–Kier alpha value is -2.82. The first kappa shape index (κ1) is 15.6. The molecule has 0 spiro atoms. The molecule has 0 saturated heterocycles. The number of nitrogens with zero attached hydrogens (tertiary/aromatic N) is 1. The maximum absolute atomic E-state index is 11.8. The van der Waals surface area contributed by atoms with Gasteiger partial charge < -0.3 is 10.5 Å². The molecule has 2 rings (SSSR count). The number of nitrogen functional groups attached to an aromatic ring is 1. The van der Waals surface area contributed by atoms with Gasteiger partial charge in [-0.1, -0.05) is 30.3 Å². The van der Waals surface area contributed by atoms with E-state index in [0.717, 1.165) is 11.1 Å². The quantitative estimate of drug-likeness (QED) is 0.506. The number of carbonyl (C=O) groups excluding carboxylic acids is 1. The van der Waals surface area contributed by atoms with Gasteiger partial charge in [0.1, 0.15) is 5.75 Å². The molecule has 0 saturated carbocycles. The molecule has 22 heavy (non-hydrogen) atoms. The van der Waals surface area contributed by atoms with Crippen molar-refractivity contribution in [1.82, 2.24) is 5.43 Å². The summed E-state index contributed by atoms with van der Waals surface area (Å²) in [6.07, 6.45) is 0. The van der Waals surface area contributed by atoms with Crippen LogP contribution in [0.25, 0.3) is 0 Å². The Morgan fingerprint density at radius 2 is 2.00 bits per heavy atom. The number of benzene rings is 2. The number of hydrogen-bond acceptors (Lipinski definition) is 4. The van der Waals surface area contributed by atoms with Crippen LogP contribution < -0.4 is 15.9 Å². The van der Waals surface area contributed by atoms with Gasteiger partial charge in [-0.25, -0.2) is 5.43 Å². The highest BCUT2D eigenvalue weighted by molar-refractivity contribution is 5.99. The summed E-state index contributed by atoms with van der Waals surface area (Å²) in [4.78, 5) is 11.8. The molecular weight excluding hydrogens is 278 g/mol. The van der Waals surface area contributed by atoms with Crippen LogP contribution in [-0.2, 0) is 4.79 Å². The minimum absolute atomic E-state index is 0.0848. The maximum atomic E-state index is 11.8. The lowest BCUT2D eigenvalue weighted by Crippen LogP contribution is -2.25. The largest absolute Gasteiger partial charge is 0.483 e. The third-order valence-electron chi connectivity index (χ3n) is 3.11. The van der Waals surface area contributed by atoms with Gasteiger partial charge >= 0.3 is 0 Å². The third-order valence-corrected chi connectivity index (χ3v) is 3.11. The van der Waals surface area contributed by atoms with Crippen LogP contribution in [0.1, 0.15) is 18.1 Å². The van der Waals surface area contributed by atoms with E-state index < -0.39 is 0 Å². The van der Waals surface area contributed by atoms with E-state index in [9.17, 15) is 4.79 Å². The normalized spacial score (nSPS) is 11.1. The van der Waals surface area contributed by atoms with Crippen LogP contribution in [0.3, 0.4) is 0 Å². The number of nitrogens with one attached hydrogen (secondary N) is 1. The molecule has 0 heterocycles. The molecule has 0 aromatic heterocycles. The number of hydrazone groups is 1. The molecule has 114 valence electrons. The Morgan fingerprint density at radius 3 is 2.73 bits per heavy atom. The number of hydrogen-bond donors (Lipinski definition) is 2. The van der Waals surface area contributed by atoms with Gasteiger partial charge in [0.25, 0.3) is 5.91 Å². The third kappa shape index (κ3) is 4.34. The SMILES string of the molecule is C/C(=N/NC(=O)COc1ccccc1C)c1cccc(N)c1. The van der Waals surface area contributed by atoms with Crippen molar-refractivity contribution in [3.63, 3.8) is 0 Å². The number of para-hydroxylation sites is 1. The van der Waals surface area contributed by atoms with E-state index in [4.69, 9.17) is 10.5 Å². The van der Waals surface area contributed by atoms with E-state index >= 15 is 0 Å². The molecule has 3 N–H and O–H groups in total. The van der Waals surface area contributed by atoms with Crippen LogP contribution >= 0.6 is 0 Å². The lowest BCUT2D eigenvalue weighted by atomic mass is 10.1. The molecule has 1 amide bonds. The molecule has 0 radical (unpaired) electrons. The van der Waals surface area contributed by atoms with Crippen molar-refractivity contribution in [2.45, 2.75) is 13.8 Å². The summed E-state index contributed by atoms with van der Waals surface area (Å²) in [5, 5.41) is 4.05. The summed E-state index contributed by atoms with van der Waals surface area (Å²) in [6, 6.07) is 14.8. The topological polar surface area (TPSA) is 76.7 Å². The number of nitrogens with two attached hydrogens (primary N) is 1. The van der Waals surface area contributed by atoms with E-state index in [2.05, 4.69) is 10.5 Å². The lowest BCUT2D eigenvalue weighted by Gasteiger charge is -2.08. The minimum atomic E-state index is -0.313. The number of carbonyl (C=O) groups is 1. The number of anilines is 1. The van der Waals surface area contributed by atoms with Crippen LogP contribution in [0, 0.1) is 6.92 Å². The second-order valence-corrected chi connectivity index (χ2v) is 4.91. The summed E-state index contributed by atoms with van der Waals surface area (Å²) in [5.74, 6) is 0.376. The standard InChI is InChI=1S/C17H19N3O2/c1-12-6-3-4-9-16(12)22-11-17(21)20-19-13(2)14-7-5-8-15(18)10-14/h3-10H,11,18H2,1-2H3,(H,20,21)/b19-13-. The zero-order valence-corrected chi connectivity index (χ0v) is 12.7. The van der Waals surface area contributed by atoms with E-state index in [0.29, 0.717) is 17.1 Å². The maximum Gasteiger partial charge on any atom is 0.277 e. The average molecular weight is 297 g/mol. The van der Waals surface area contributed by atoms with Gasteiger partial charge in [0, 0.05) is 5.69 Å². The molecule has 2 aromatic rings. The highest BCUT2D eigenvalue weighted by Gasteiger charge is 2.04. The fraction of sp³-hybridized carbons (Fsp3) is 0.176. The summed E-state index contributed by atoms with van der Waals surface area (Å²) in [7, 11) is 0. The molecular formula is C17H19N3O2. The van der Waals surface area contributed by atoms with Crippen molar-refractivity contribution in [2.75, 3.05) is 12.3 Å². The molecule has 5 heteroatoms. The van der Waals surface area contributed by atoms with E-state index in [1.807, 2.05) is 43.3 Å². The van der Waals surface area contributed by atoms with Gasteiger partial charge in [-0.05, 0) is 43.2 Å². The highest BCUT2D eigenvalue weighted by Crippen LogP contribution is 2.15. The predicted molar refractivity (Wildman–Crippen MR) is 87.9 cm³/mol. The smallest absolute Gasteiger partial charge is 0.277 e. The van der Waals surface area contributed by atoms with Gasteiger partial charge in [0.05, 0.1) is 5.71 Å². The van der Waals surface area contributed by atoms with Gasteiger partial charge in [0.2, 0.25) is 0 Å². The zero-order valence-electron chi connectivity index (χ0n) is 12.7. The molecule has 0 aliphatic heterocycles. The van der Waals surface area contributed by atoms with Gasteiger partial charge in [-0.2, -0.15) is 5.10 Å². The fourth-order valence-electron chi connectivity index (χ4n) is 1.87. The molecule has 0 bridgehead atoms. The Kier molecular flexibility index (Phi) is 5.14. The van der Waals surface area contributed by atoms with Crippen LogP contribution in [-0.4, -0.2) is 18.2 Å². The minimum Gasteiger partial charge on any atom is -0.483 e. The fourth-order valence-corrected chi connectivity index (χ4v) is 1.87. The molecule has 0 aliphatic carbocycles. The van der Waals surface area contributed by atoms with Gasteiger partial charge in [-0.15, -0.1) is 0 Å². The zero-order chi connectivity index (χ0) is 15.9. The van der Waals surface area contributed by atoms with E-state index in [-0.39, 0.29) is 12.5 Å². The monoisotopic (exact) mass is 297 g/mol. The van der Waals surface area contributed by atoms with Crippen molar-refractivity contribution < 1.29 is 9.53 Å². The van der Waals surface area contributed by atoms with Crippen LogP contribution in [0.15, 0.2) is 53.6 Å². The van der Waals surface area contributed by atoms with Crippen molar-refractivity contribution in [2.24, 2.45) is 5.10 Å². The first-order valence-electron chi connectivity index (χ1n) is 6.94. The van der Waals surface area contributed by atoms with Crippen molar-refractivity contribution in [3.8, 4) is 5.75 Å². The predicted octanol–water partition coefficient (Wildman–Crippen LogP) is 2.50. The summed E-state index contributed by atoms with van der Waals surface area (Å²) in [6.45, 7) is 3.64. The van der Waals surface area contributed by atoms with Crippen molar-refractivity contribution >= 4 is 17.3 Å². The molecule has 0 aliphatic rings. The van der Waals surface area contributed by atoms with Crippen molar-refractivity contribution in [1.29, 1.82) is 0 Å². The Labute approximate surface area is 129 Å². The van der Waals surface area contributed by atoms with E-state index in [1.54, 1.807) is 19.1 Å². The molecule has 0 fully saturated rings. The Bertz CT molecular complexity index is 696. The van der Waals surface area contributed by atoms with Crippen LogP contribution in [0.2, 0.25) is 0 Å². The van der Waals surface area contributed by atoms with Gasteiger partial charge in [0.15, 0.2) is 6.61 Å².